The summed E-state index contributed by atoms with van der Waals surface area (Å²) >= 11 is 1.49. The molecule has 0 saturated carbocycles. The van der Waals surface area contributed by atoms with Crippen LogP contribution in [0.25, 0.3) is 0 Å². The Morgan fingerprint density at radius 1 is 1.73 bits per heavy atom. The topological polar surface area (TPSA) is 26.3 Å². The first kappa shape index (κ1) is 8.43. The normalized spacial score (nSPS) is 10.0. The van der Waals surface area contributed by atoms with E-state index in [0.717, 1.165) is 21.6 Å². The van der Waals surface area contributed by atoms with E-state index in [-0.39, 0.29) is 0 Å². The Hall–Kier alpha value is -0.670. The minimum Gasteiger partial charge on any atom is -0.379 e. The van der Waals surface area contributed by atoms with Gasteiger partial charge in [-0.05, 0) is 18.6 Å². The molecule has 1 aromatic heterocycles. The molecular weight excluding hydrogens is 160 g/mol. The second-order valence-corrected chi connectivity index (χ2v) is 3.48. The number of methoxy groups -OCH3 is 1. The molecule has 0 aliphatic carbocycles. The lowest BCUT2D eigenvalue weighted by atomic mass is 10.3. The van der Waals surface area contributed by atoms with Crippen LogP contribution in [-0.4, -0.2) is 13.4 Å². The SMILES string of the molecule is COCc1cc(C)c(C=O)s1. The number of ether oxygens (including phenoxy) is 1. The van der Waals surface area contributed by atoms with Gasteiger partial charge in [0.05, 0.1) is 11.5 Å². The molecule has 0 N–H and O–H groups in total. The third-order valence-corrected chi connectivity index (χ3v) is 2.54. The average Bonchev–Trinajstić information content (AvgIpc) is 2.32. The van der Waals surface area contributed by atoms with Crippen LogP contribution < -0.4 is 0 Å². The van der Waals surface area contributed by atoms with E-state index in [1.54, 1.807) is 7.11 Å². The van der Waals surface area contributed by atoms with E-state index in [9.17, 15) is 4.79 Å². The summed E-state index contributed by atoms with van der Waals surface area (Å²) in [7, 11) is 1.65. The van der Waals surface area contributed by atoms with Gasteiger partial charge >= 0.3 is 0 Å². The van der Waals surface area contributed by atoms with E-state index in [1.165, 1.54) is 11.3 Å². The zero-order chi connectivity index (χ0) is 8.27. The van der Waals surface area contributed by atoms with E-state index < -0.39 is 0 Å². The van der Waals surface area contributed by atoms with Gasteiger partial charge in [0.1, 0.15) is 0 Å². The summed E-state index contributed by atoms with van der Waals surface area (Å²) in [6.45, 7) is 2.53. The highest BCUT2D eigenvalue weighted by Crippen LogP contribution is 2.20. The molecule has 1 heterocycles. The smallest absolute Gasteiger partial charge is 0.160 e. The Kier molecular flexibility index (Phi) is 2.79. The lowest BCUT2D eigenvalue weighted by molar-refractivity contribution is 0.112. The number of thiophene rings is 1. The van der Waals surface area contributed by atoms with Crippen molar-refractivity contribution in [2.24, 2.45) is 0 Å². The van der Waals surface area contributed by atoms with Crippen LogP contribution in [0.3, 0.4) is 0 Å². The van der Waals surface area contributed by atoms with Crippen LogP contribution in [0.4, 0.5) is 0 Å². The molecule has 0 aromatic carbocycles. The zero-order valence-corrected chi connectivity index (χ0v) is 7.40. The molecule has 0 unspecified atom stereocenters. The molecule has 0 saturated heterocycles. The summed E-state index contributed by atoms with van der Waals surface area (Å²) in [5.41, 5.74) is 1.04. The molecule has 0 atom stereocenters. The zero-order valence-electron chi connectivity index (χ0n) is 6.59. The Morgan fingerprint density at radius 3 is 2.91 bits per heavy atom. The molecule has 0 bridgehead atoms. The number of aryl methyl sites for hydroxylation is 1. The van der Waals surface area contributed by atoms with E-state index in [1.807, 2.05) is 13.0 Å². The lowest BCUT2D eigenvalue weighted by Crippen LogP contribution is -1.79. The van der Waals surface area contributed by atoms with Crippen LogP contribution in [0.15, 0.2) is 6.07 Å². The average molecular weight is 170 g/mol. The highest BCUT2D eigenvalue weighted by atomic mass is 32.1. The Balaban J connectivity index is 2.86. The van der Waals surface area contributed by atoms with Crippen molar-refractivity contribution < 1.29 is 9.53 Å². The Bertz CT molecular complexity index is 253. The van der Waals surface area contributed by atoms with Gasteiger partial charge in [-0.25, -0.2) is 0 Å². The summed E-state index contributed by atoms with van der Waals surface area (Å²) in [6, 6.07) is 1.98. The van der Waals surface area contributed by atoms with Crippen molar-refractivity contribution in [3.8, 4) is 0 Å². The monoisotopic (exact) mass is 170 g/mol. The van der Waals surface area contributed by atoms with E-state index >= 15 is 0 Å². The van der Waals surface area contributed by atoms with Gasteiger partial charge in [-0.1, -0.05) is 0 Å². The minimum atomic E-state index is 0.597. The van der Waals surface area contributed by atoms with Crippen molar-refractivity contribution in [3.05, 3.63) is 21.4 Å². The predicted molar refractivity (Wildman–Crippen MR) is 45.2 cm³/mol. The first-order valence-corrected chi connectivity index (χ1v) is 4.13. The third kappa shape index (κ3) is 1.88. The summed E-state index contributed by atoms with van der Waals surface area (Å²) in [6.07, 6.45) is 0.888. The highest BCUT2D eigenvalue weighted by molar-refractivity contribution is 7.13. The summed E-state index contributed by atoms with van der Waals surface area (Å²) < 4.78 is 4.94. The number of carbonyl (C=O) groups excluding carboxylic acids is 1. The van der Waals surface area contributed by atoms with Crippen molar-refractivity contribution in [3.63, 3.8) is 0 Å². The van der Waals surface area contributed by atoms with Crippen LogP contribution in [0, 0.1) is 6.92 Å². The fourth-order valence-corrected chi connectivity index (χ4v) is 1.86. The molecule has 11 heavy (non-hydrogen) atoms. The van der Waals surface area contributed by atoms with Crippen LogP contribution >= 0.6 is 11.3 Å². The molecule has 2 nitrogen and oxygen atoms in total. The van der Waals surface area contributed by atoms with Crippen LogP contribution in [0.2, 0.25) is 0 Å². The van der Waals surface area contributed by atoms with Crippen molar-refractivity contribution in [2.75, 3.05) is 7.11 Å². The first-order valence-electron chi connectivity index (χ1n) is 3.31. The van der Waals surface area contributed by atoms with E-state index in [4.69, 9.17) is 4.74 Å². The molecule has 0 fully saturated rings. The maximum Gasteiger partial charge on any atom is 0.160 e. The van der Waals surface area contributed by atoms with Gasteiger partial charge in [0.25, 0.3) is 0 Å². The van der Waals surface area contributed by atoms with Gasteiger partial charge in [0, 0.05) is 12.0 Å². The minimum absolute atomic E-state index is 0.597. The first-order chi connectivity index (χ1) is 5.27. The maximum absolute atomic E-state index is 10.4. The summed E-state index contributed by atoms with van der Waals surface area (Å²) in [4.78, 5) is 12.3. The van der Waals surface area contributed by atoms with E-state index in [2.05, 4.69) is 0 Å². The molecule has 0 aliphatic rings. The van der Waals surface area contributed by atoms with Gasteiger partial charge < -0.3 is 4.74 Å². The van der Waals surface area contributed by atoms with Crippen LogP contribution in [-0.2, 0) is 11.3 Å². The molecule has 0 aliphatic heterocycles. The van der Waals surface area contributed by atoms with Gasteiger partial charge in [-0.2, -0.15) is 0 Å². The molecule has 0 spiro atoms. The van der Waals surface area contributed by atoms with Gasteiger partial charge in [0.2, 0.25) is 0 Å². The lowest BCUT2D eigenvalue weighted by Gasteiger charge is -1.89. The van der Waals surface area contributed by atoms with Crippen molar-refractivity contribution in [1.82, 2.24) is 0 Å². The van der Waals surface area contributed by atoms with Crippen molar-refractivity contribution in [1.29, 1.82) is 0 Å². The van der Waals surface area contributed by atoms with Crippen LogP contribution in [0.5, 0.6) is 0 Å². The predicted octanol–water partition coefficient (Wildman–Crippen LogP) is 2.02. The molecule has 1 aromatic rings. The number of carbonyl (C=O) groups is 1. The highest BCUT2D eigenvalue weighted by Gasteiger charge is 2.02. The summed E-state index contributed by atoms with van der Waals surface area (Å²) in [5.74, 6) is 0. The number of hydrogen-bond acceptors (Lipinski definition) is 3. The fraction of sp³-hybridized carbons (Fsp3) is 0.375. The second kappa shape index (κ2) is 3.64. The second-order valence-electron chi connectivity index (χ2n) is 2.31. The molecule has 0 amide bonds. The van der Waals surface area contributed by atoms with Gasteiger partial charge in [-0.15, -0.1) is 11.3 Å². The molecule has 0 radical (unpaired) electrons. The van der Waals surface area contributed by atoms with Crippen molar-refractivity contribution >= 4 is 17.6 Å². The summed E-state index contributed by atoms with van der Waals surface area (Å²) in [5, 5.41) is 0. The molecular formula is C8H10O2S. The fourth-order valence-electron chi connectivity index (χ4n) is 0.894. The van der Waals surface area contributed by atoms with Crippen molar-refractivity contribution in [2.45, 2.75) is 13.5 Å². The van der Waals surface area contributed by atoms with Gasteiger partial charge in [-0.3, -0.25) is 4.79 Å². The molecule has 1 rings (SSSR count). The van der Waals surface area contributed by atoms with Gasteiger partial charge in [0.15, 0.2) is 6.29 Å². The Morgan fingerprint density at radius 2 is 2.45 bits per heavy atom. The standard InChI is InChI=1S/C8H10O2S/c1-6-3-7(5-10-2)11-8(6)4-9/h3-4H,5H2,1-2H3. The number of aldehydes is 1. The third-order valence-electron chi connectivity index (χ3n) is 1.40. The Labute approximate surface area is 69.8 Å². The number of rotatable bonds is 3. The number of hydrogen-bond donors (Lipinski definition) is 0. The van der Waals surface area contributed by atoms with Crippen LogP contribution in [0.1, 0.15) is 20.1 Å². The largest absolute Gasteiger partial charge is 0.379 e. The van der Waals surface area contributed by atoms with E-state index in [0.29, 0.717) is 6.61 Å². The molecule has 3 heteroatoms. The molecule has 60 valence electrons. The quantitative estimate of drug-likeness (QED) is 0.649. The maximum atomic E-state index is 10.4.